The van der Waals surface area contributed by atoms with Gasteiger partial charge in [-0.1, -0.05) is 176 Å². The van der Waals surface area contributed by atoms with Gasteiger partial charge in [-0.05, 0) is 87.8 Å². The van der Waals surface area contributed by atoms with E-state index in [4.69, 9.17) is 0 Å². The first-order valence-electron chi connectivity index (χ1n) is 20.8. The molecule has 0 N–H and O–H groups in total. The smallest absolute Gasteiger partial charge is 0.0626 e. The highest BCUT2D eigenvalue weighted by Crippen LogP contribution is 2.47. The third-order valence-electron chi connectivity index (χ3n) is 12.2. The van der Waals surface area contributed by atoms with Gasteiger partial charge in [-0.15, -0.1) is 11.3 Å². The summed E-state index contributed by atoms with van der Waals surface area (Å²) in [4.78, 5) is 2.36. The zero-order valence-corrected chi connectivity index (χ0v) is 34.1. The van der Waals surface area contributed by atoms with Crippen LogP contribution in [0.4, 0.5) is 17.1 Å². The minimum atomic E-state index is 1.09. The number of para-hydroxylation sites is 1. The largest absolute Gasteiger partial charge is 0.311 e. The van der Waals surface area contributed by atoms with Crippen molar-refractivity contribution in [2.75, 3.05) is 4.90 Å². The third-order valence-corrected chi connectivity index (χ3v) is 13.4. The minimum absolute atomic E-state index is 1.09. The van der Waals surface area contributed by atoms with Crippen LogP contribution in [0.2, 0.25) is 0 Å². The van der Waals surface area contributed by atoms with Gasteiger partial charge < -0.3 is 9.30 Å². The van der Waals surface area contributed by atoms with E-state index in [0.29, 0.717) is 0 Å². The quantitative estimate of drug-likeness (QED) is 0.156. The molecule has 3 aromatic heterocycles. The molecular formula is C58H38N2S. The molecule has 9 aromatic carbocycles. The van der Waals surface area contributed by atoms with E-state index in [-0.39, 0.29) is 0 Å². The highest BCUT2D eigenvalue weighted by molar-refractivity contribution is 7.26. The molecular weight excluding hydrogens is 757 g/mol. The van der Waals surface area contributed by atoms with Gasteiger partial charge in [0.05, 0.1) is 16.7 Å². The molecule has 12 rings (SSSR count). The van der Waals surface area contributed by atoms with Crippen molar-refractivity contribution in [1.82, 2.24) is 4.40 Å². The number of benzene rings is 9. The summed E-state index contributed by atoms with van der Waals surface area (Å²) in [5, 5.41) is 6.35. The van der Waals surface area contributed by atoms with Crippen molar-refractivity contribution in [2.45, 2.75) is 0 Å². The molecule has 0 fully saturated rings. The van der Waals surface area contributed by atoms with Crippen molar-refractivity contribution in [3.63, 3.8) is 0 Å². The second kappa shape index (κ2) is 14.5. The van der Waals surface area contributed by atoms with Crippen LogP contribution in [0.5, 0.6) is 0 Å². The van der Waals surface area contributed by atoms with E-state index in [9.17, 15) is 0 Å². The van der Waals surface area contributed by atoms with Crippen molar-refractivity contribution in [3.05, 3.63) is 231 Å². The molecule has 0 spiro atoms. The number of anilines is 3. The molecule has 2 nitrogen and oxygen atoms in total. The Labute approximate surface area is 358 Å². The van der Waals surface area contributed by atoms with Crippen molar-refractivity contribution in [3.8, 4) is 44.6 Å². The Bertz CT molecular complexity index is 3460. The van der Waals surface area contributed by atoms with Crippen molar-refractivity contribution < 1.29 is 0 Å². The average molecular weight is 795 g/mol. The molecule has 12 aromatic rings. The third kappa shape index (κ3) is 5.93. The maximum absolute atomic E-state index is 2.51. The summed E-state index contributed by atoms with van der Waals surface area (Å²) < 4.78 is 5.16. The second-order valence-corrected chi connectivity index (χ2v) is 16.7. The first-order chi connectivity index (χ1) is 30.3. The Balaban J connectivity index is 1.03. The van der Waals surface area contributed by atoms with Crippen LogP contribution in [0.25, 0.3) is 92.0 Å². The van der Waals surface area contributed by atoms with Gasteiger partial charge in [0.15, 0.2) is 0 Å². The average Bonchev–Trinajstić information content (AvgIpc) is 3.90. The Hall–Kier alpha value is -7.72. The van der Waals surface area contributed by atoms with Crippen LogP contribution < -0.4 is 4.90 Å². The fourth-order valence-corrected chi connectivity index (χ4v) is 10.5. The number of fused-ring (bicyclic) bond motifs is 8. The topological polar surface area (TPSA) is 7.65 Å². The number of nitrogens with zero attached hydrogens (tertiary/aromatic N) is 2. The van der Waals surface area contributed by atoms with E-state index in [1.807, 2.05) is 11.3 Å². The first kappa shape index (κ1) is 35.2. The maximum atomic E-state index is 2.51. The van der Waals surface area contributed by atoms with Crippen LogP contribution in [-0.2, 0) is 0 Å². The summed E-state index contributed by atoms with van der Waals surface area (Å²) in [5.74, 6) is 0. The van der Waals surface area contributed by atoms with Crippen LogP contribution in [0.3, 0.4) is 0 Å². The van der Waals surface area contributed by atoms with Crippen LogP contribution in [0.15, 0.2) is 231 Å². The molecule has 61 heavy (non-hydrogen) atoms. The molecule has 0 aliphatic heterocycles. The Morgan fingerprint density at radius 1 is 0.361 bits per heavy atom. The predicted molar refractivity (Wildman–Crippen MR) is 262 cm³/mol. The number of rotatable bonds is 7. The molecule has 0 aliphatic rings. The number of hydrogen-bond acceptors (Lipinski definition) is 2. The standard InChI is InChI=1S/C58H38N2S/c1-3-14-39(15-4-1)41-26-32-45(33-27-41)59(46-34-28-42(29-35-46)40-16-5-2-6-17-40)47-36-30-43(31-37-47)54-38-44-18-7-8-19-48(44)57-56(51-21-9-11-24-53(51)60(54)57)52-23-13-22-50-49-20-10-12-25-55(49)61-58(50)52/h1-38H. The number of aromatic nitrogens is 1. The molecule has 0 radical (unpaired) electrons. The van der Waals surface area contributed by atoms with Gasteiger partial charge in [-0.25, -0.2) is 0 Å². The number of thiophene rings is 1. The van der Waals surface area contributed by atoms with Crippen molar-refractivity contribution in [1.29, 1.82) is 0 Å². The van der Waals surface area contributed by atoms with Crippen LogP contribution >= 0.6 is 11.3 Å². The second-order valence-electron chi connectivity index (χ2n) is 15.7. The normalized spacial score (nSPS) is 11.6. The van der Waals surface area contributed by atoms with Gasteiger partial charge in [0.2, 0.25) is 0 Å². The van der Waals surface area contributed by atoms with Gasteiger partial charge in [0.1, 0.15) is 0 Å². The van der Waals surface area contributed by atoms with Crippen LogP contribution in [0, 0.1) is 0 Å². The molecule has 0 aliphatic carbocycles. The molecule has 0 saturated carbocycles. The summed E-state index contributed by atoms with van der Waals surface area (Å²) in [7, 11) is 0. The monoisotopic (exact) mass is 794 g/mol. The lowest BCUT2D eigenvalue weighted by Gasteiger charge is -2.26. The molecule has 3 heterocycles. The predicted octanol–water partition coefficient (Wildman–Crippen LogP) is 16.8. The Morgan fingerprint density at radius 3 is 1.49 bits per heavy atom. The number of pyridine rings is 1. The molecule has 0 saturated heterocycles. The lowest BCUT2D eigenvalue weighted by atomic mass is 9.98. The molecule has 0 bridgehead atoms. The Kier molecular flexibility index (Phi) is 8.39. The maximum Gasteiger partial charge on any atom is 0.0626 e. The summed E-state index contributed by atoms with van der Waals surface area (Å²) in [6.07, 6.45) is 0. The first-order valence-corrected chi connectivity index (χ1v) is 21.7. The van der Waals surface area contributed by atoms with Gasteiger partial charge in [-0.2, -0.15) is 0 Å². The Morgan fingerprint density at radius 2 is 0.852 bits per heavy atom. The highest BCUT2D eigenvalue weighted by atomic mass is 32.1. The zero-order chi connectivity index (χ0) is 40.3. The molecule has 0 amide bonds. The summed E-state index contributed by atoms with van der Waals surface area (Å²) >= 11 is 1.90. The molecule has 0 unspecified atom stereocenters. The number of hydrogen-bond donors (Lipinski definition) is 0. The lowest BCUT2D eigenvalue weighted by Crippen LogP contribution is -2.09. The van der Waals surface area contributed by atoms with Crippen molar-refractivity contribution >= 4 is 75.8 Å². The SMILES string of the molecule is c1ccc(-c2ccc(N(c3ccc(-c4ccccc4)cc3)c3ccc(-c4cc5ccccc5c5c(-c6cccc7c6sc6ccccc67)c6ccccc6n45)cc3)cc2)cc1. The van der Waals surface area contributed by atoms with E-state index < -0.39 is 0 Å². The molecule has 286 valence electrons. The van der Waals surface area contributed by atoms with E-state index in [1.165, 1.54) is 80.7 Å². The molecule has 3 heteroatoms. The van der Waals surface area contributed by atoms with E-state index in [2.05, 4.69) is 240 Å². The van der Waals surface area contributed by atoms with Gasteiger partial charge in [0.25, 0.3) is 0 Å². The van der Waals surface area contributed by atoms with Gasteiger partial charge in [-0.3, -0.25) is 0 Å². The van der Waals surface area contributed by atoms with Crippen LogP contribution in [0.1, 0.15) is 0 Å². The van der Waals surface area contributed by atoms with Crippen LogP contribution in [-0.4, -0.2) is 4.40 Å². The zero-order valence-electron chi connectivity index (χ0n) is 33.2. The summed E-state index contributed by atoms with van der Waals surface area (Å²) in [5.41, 5.74) is 15.4. The van der Waals surface area contributed by atoms with E-state index >= 15 is 0 Å². The highest BCUT2D eigenvalue weighted by Gasteiger charge is 2.22. The fraction of sp³-hybridized carbons (Fsp3) is 0. The van der Waals surface area contributed by atoms with E-state index in [1.54, 1.807) is 0 Å². The lowest BCUT2D eigenvalue weighted by molar-refractivity contribution is 1.26. The summed E-state index contributed by atoms with van der Waals surface area (Å²) in [6.45, 7) is 0. The van der Waals surface area contributed by atoms with Gasteiger partial charge in [0, 0.05) is 59.1 Å². The minimum Gasteiger partial charge on any atom is -0.311 e. The summed E-state index contributed by atoms with van der Waals surface area (Å²) in [6, 6.07) is 84.0. The fourth-order valence-electron chi connectivity index (χ4n) is 9.32. The molecule has 0 atom stereocenters. The van der Waals surface area contributed by atoms with Gasteiger partial charge >= 0.3 is 0 Å². The van der Waals surface area contributed by atoms with E-state index in [0.717, 1.165) is 28.3 Å². The van der Waals surface area contributed by atoms with Crippen molar-refractivity contribution in [2.24, 2.45) is 0 Å².